The summed E-state index contributed by atoms with van der Waals surface area (Å²) in [7, 11) is 0. The van der Waals surface area contributed by atoms with Gasteiger partial charge in [0.05, 0.1) is 18.1 Å². The van der Waals surface area contributed by atoms with Gasteiger partial charge in [0.1, 0.15) is 18.3 Å². The molecule has 4 unspecified atom stereocenters. The average molecular weight is 728 g/mol. The van der Waals surface area contributed by atoms with Crippen LogP contribution in [0.2, 0.25) is 0 Å². The highest BCUT2D eigenvalue weighted by atomic mass is 79.9. The number of carbonyl (C=O) groups excluding carboxylic acids is 3. The van der Waals surface area contributed by atoms with Gasteiger partial charge in [-0.3, -0.25) is 14.4 Å². The van der Waals surface area contributed by atoms with Crippen LogP contribution in [-0.2, 0) is 21.0 Å². The number of rotatable bonds is 10. The third-order valence-electron chi connectivity index (χ3n) is 9.07. The van der Waals surface area contributed by atoms with E-state index < -0.39 is 41.0 Å². The molecule has 4 aromatic rings. The Kier molecular flexibility index (Phi) is 10.9. The van der Waals surface area contributed by atoms with Crippen molar-refractivity contribution in [2.24, 2.45) is 11.8 Å². The van der Waals surface area contributed by atoms with Crippen molar-refractivity contribution >= 4 is 44.9 Å². The molecule has 0 bridgehead atoms. The molecule has 1 saturated carbocycles. The van der Waals surface area contributed by atoms with Crippen LogP contribution in [0.1, 0.15) is 59.6 Å². The van der Waals surface area contributed by atoms with Gasteiger partial charge in [-0.2, -0.15) is 0 Å². The highest BCUT2D eigenvalue weighted by Crippen LogP contribution is 2.48. The van der Waals surface area contributed by atoms with Crippen LogP contribution in [0.5, 0.6) is 11.5 Å². The van der Waals surface area contributed by atoms with Crippen LogP contribution in [0.15, 0.2) is 83.3 Å². The van der Waals surface area contributed by atoms with Crippen molar-refractivity contribution in [1.82, 2.24) is 0 Å². The minimum absolute atomic E-state index is 0.275. The van der Waals surface area contributed by atoms with E-state index in [4.69, 9.17) is 9.47 Å². The van der Waals surface area contributed by atoms with E-state index in [0.29, 0.717) is 35.0 Å². The molecule has 0 heterocycles. The Morgan fingerprint density at radius 1 is 0.837 bits per heavy atom. The second-order valence-electron chi connectivity index (χ2n) is 13.2. The van der Waals surface area contributed by atoms with Crippen LogP contribution >= 0.6 is 15.9 Å². The maximum Gasteiger partial charge on any atom is 0.235 e. The standard InChI is InChI=1S/C40H43BrN2O6/c1-7-48-34-20-28(15-16-33(34)49-22-27-9-8-10-29(41)19-27)35-36(38(45)42-30-17-23(2)11-13-25(30)4)32(44)21-40(6,47)37(35)39(46)43-31-18-24(3)12-14-26(31)5/h8-20,35-37,47H,7,21-22H2,1-6H3,(H,42,45)(H,43,46). The first kappa shape index (κ1) is 35.8. The normalized spacial score (nSPS) is 20.4. The van der Waals surface area contributed by atoms with E-state index in [1.807, 2.05) is 95.3 Å². The molecular formula is C40H43BrN2O6. The molecule has 1 aliphatic carbocycles. The monoisotopic (exact) mass is 726 g/mol. The molecule has 2 amide bonds. The smallest absolute Gasteiger partial charge is 0.235 e. The van der Waals surface area contributed by atoms with Crippen molar-refractivity contribution in [1.29, 1.82) is 0 Å². The zero-order valence-electron chi connectivity index (χ0n) is 28.7. The Labute approximate surface area is 296 Å². The zero-order valence-corrected chi connectivity index (χ0v) is 30.3. The summed E-state index contributed by atoms with van der Waals surface area (Å²) in [6, 6.07) is 24.4. The van der Waals surface area contributed by atoms with Crippen molar-refractivity contribution in [3.63, 3.8) is 0 Å². The molecule has 4 atom stereocenters. The maximum absolute atomic E-state index is 14.4. The second-order valence-corrected chi connectivity index (χ2v) is 14.1. The molecule has 4 aromatic carbocycles. The van der Waals surface area contributed by atoms with Gasteiger partial charge >= 0.3 is 0 Å². The minimum Gasteiger partial charge on any atom is -0.490 e. The van der Waals surface area contributed by atoms with E-state index in [1.54, 1.807) is 18.2 Å². The molecule has 0 aromatic heterocycles. The zero-order chi connectivity index (χ0) is 35.5. The Morgan fingerprint density at radius 3 is 2.08 bits per heavy atom. The quantitative estimate of drug-likeness (QED) is 0.143. The summed E-state index contributed by atoms with van der Waals surface area (Å²) >= 11 is 3.49. The van der Waals surface area contributed by atoms with Crippen molar-refractivity contribution in [2.75, 3.05) is 17.2 Å². The fourth-order valence-corrected chi connectivity index (χ4v) is 7.01. The number of anilines is 2. The predicted molar refractivity (Wildman–Crippen MR) is 195 cm³/mol. The number of amides is 2. The predicted octanol–water partition coefficient (Wildman–Crippen LogP) is 7.98. The lowest BCUT2D eigenvalue weighted by atomic mass is 9.61. The number of ether oxygens (including phenoxy) is 2. The van der Waals surface area contributed by atoms with E-state index in [-0.39, 0.29) is 13.0 Å². The van der Waals surface area contributed by atoms with E-state index >= 15 is 0 Å². The fourth-order valence-electron chi connectivity index (χ4n) is 6.56. The molecule has 9 heteroatoms. The van der Waals surface area contributed by atoms with Crippen LogP contribution in [0.4, 0.5) is 11.4 Å². The van der Waals surface area contributed by atoms with E-state index in [1.165, 1.54) is 6.92 Å². The highest BCUT2D eigenvalue weighted by Gasteiger charge is 2.56. The molecular weight excluding hydrogens is 684 g/mol. The van der Waals surface area contributed by atoms with E-state index in [2.05, 4.69) is 26.6 Å². The third kappa shape index (κ3) is 8.23. The van der Waals surface area contributed by atoms with Gasteiger partial charge in [-0.15, -0.1) is 0 Å². The molecule has 0 radical (unpaired) electrons. The summed E-state index contributed by atoms with van der Waals surface area (Å²) < 4.78 is 13.1. The summed E-state index contributed by atoms with van der Waals surface area (Å²) in [6.07, 6.45) is -0.370. The number of hydrogen-bond donors (Lipinski definition) is 3. The molecule has 5 rings (SSSR count). The lowest BCUT2D eigenvalue weighted by Gasteiger charge is -2.44. The van der Waals surface area contributed by atoms with Gasteiger partial charge in [0.25, 0.3) is 0 Å². The molecule has 0 aliphatic heterocycles. The van der Waals surface area contributed by atoms with Crippen molar-refractivity contribution in [3.05, 3.63) is 117 Å². The van der Waals surface area contributed by atoms with Gasteiger partial charge < -0.3 is 25.2 Å². The summed E-state index contributed by atoms with van der Waals surface area (Å²) in [5.41, 5.74) is 4.43. The van der Waals surface area contributed by atoms with Crippen LogP contribution < -0.4 is 20.1 Å². The minimum atomic E-state index is -1.76. The summed E-state index contributed by atoms with van der Waals surface area (Å²) in [6.45, 7) is 11.5. The van der Waals surface area contributed by atoms with Crippen LogP contribution in [0.25, 0.3) is 0 Å². The first-order chi connectivity index (χ1) is 23.3. The summed E-state index contributed by atoms with van der Waals surface area (Å²) in [5, 5.41) is 17.8. The molecule has 1 aliphatic rings. The topological polar surface area (TPSA) is 114 Å². The average Bonchev–Trinajstić information content (AvgIpc) is 3.03. The van der Waals surface area contributed by atoms with Gasteiger partial charge in [-0.05, 0) is 111 Å². The Balaban J connectivity index is 1.59. The van der Waals surface area contributed by atoms with Crippen molar-refractivity contribution < 1.29 is 29.0 Å². The maximum atomic E-state index is 14.4. The molecule has 1 fully saturated rings. The van der Waals surface area contributed by atoms with Crippen molar-refractivity contribution in [3.8, 4) is 11.5 Å². The molecule has 256 valence electrons. The van der Waals surface area contributed by atoms with Crippen molar-refractivity contribution in [2.45, 2.75) is 66.1 Å². The summed E-state index contributed by atoms with van der Waals surface area (Å²) in [5.74, 6) is -4.13. The lowest BCUT2D eigenvalue weighted by molar-refractivity contribution is -0.150. The first-order valence-corrected chi connectivity index (χ1v) is 17.2. The van der Waals surface area contributed by atoms with Crippen LogP contribution in [-0.4, -0.2) is 34.9 Å². The number of nitrogens with one attached hydrogen (secondary N) is 2. The molecule has 49 heavy (non-hydrogen) atoms. The number of ketones is 1. The van der Waals surface area contributed by atoms with Gasteiger partial charge in [-0.1, -0.05) is 58.4 Å². The summed E-state index contributed by atoms with van der Waals surface area (Å²) in [4.78, 5) is 42.5. The number of benzene rings is 4. The van der Waals surface area contributed by atoms with Gasteiger partial charge in [0.2, 0.25) is 11.8 Å². The Bertz CT molecular complexity index is 1890. The highest BCUT2D eigenvalue weighted by molar-refractivity contribution is 9.10. The molecule has 8 nitrogen and oxygen atoms in total. The van der Waals surface area contributed by atoms with Gasteiger partial charge in [0.15, 0.2) is 11.5 Å². The largest absolute Gasteiger partial charge is 0.490 e. The lowest BCUT2D eigenvalue weighted by Crippen LogP contribution is -2.56. The van der Waals surface area contributed by atoms with Gasteiger partial charge in [0, 0.05) is 28.2 Å². The molecule has 3 N–H and O–H groups in total. The number of aliphatic hydroxyl groups is 1. The SMILES string of the molecule is CCOc1cc(C2C(C(=O)Nc3cc(C)ccc3C)C(=O)CC(C)(O)C2C(=O)Nc2cc(C)ccc2C)ccc1OCc1cccc(Br)c1. The number of halogens is 1. The Hall–Kier alpha value is -4.47. The number of Topliss-reactive ketones (excluding diaryl/α,β-unsaturated/α-hetero) is 1. The van der Waals surface area contributed by atoms with E-state index in [9.17, 15) is 19.5 Å². The number of hydrogen-bond acceptors (Lipinski definition) is 6. The van der Waals surface area contributed by atoms with E-state index in [0.717, 1.165) is 32.3 Å². The molecule has 0 spiro atoms. The Morgan fingerprint density at radius 2 is 1.47 bits per heavy atom. The number of carbonyl (C=O) groups is 3. The van der Waals surface area contributed by atoms with Gasteiger partial charge in [-0.25, -0.2) is 0 Å². The third-order valence-corrected chi connectivity index (χ3v) is 9.56. The number of aryl methyl sites for hydroxylation is 4. The van der Waals surface area contributed by atoms with Crippen LogP contribution in [0.3, 0.4) is 0 Å². The fraction of sp³-hybridized carbons (Fsp3) is 0.325. The first-order valence-electron chi connectivity index (χ1n) is 16.4. The molecule has 0 saturated heterocycles. The second kappa shape index (κ2) is 15.0. The van der Waals surface area contributed by atoms with Crippen LogP contribution in [0, 0.1) is 39.5 Å².